The van der Waals surface area contributed by atoms with Crippen LogP contribution in [-0.2, 0) is 6.42 Å². The standard InChI is InChI=1S/C14H16BrN3OS/c1-2-3-4-9-12-17-18-14(20-12)16-13(19)10-7-5-6-8-11(10)15/h5-8H,2-4,9H2,1H3,(H,16,18,19). The highest BCUT2D eigenvalue weighted by molar-refractivity contribution is 9.10. The number of rotatable bonds is 6. The molecule has 0 saturated carbocycles. The lowest BCUT2D eigenvalue weighted by atomic mass is 10.2. The van der Waals surface area contributed by atoms with E-state index in [1.165, 1.54) is 24.2 Å². The van der Waals surface area contributed by atoms with Crippen LogP contribution in [0.15, 0.2) is 28.7 Å². The van der Waals surface area contributed by atoms with E-state index in [0.717, 1.165) is 22.3 Å². The van der Waals surface area contributed by atoms with Crippen molar-refractivity contribution in [2.75, 3.05) is 5.32 Å². The van der Waals surface area contributed by atoms with E-state index in [2.05, 4.69) is 38.4 Å². The first-order chi connectivity index (χ1) is 9.70. The monoisotopic (exact) mass is 353 g/mol. The number of aromatic nitrogens is 2. The Bertz CT molecular complexity index is 585. The predicted octanol–water partition coefficient (Wildman–Crippen LogP) is 4.29. The molecule has 0 unspecified atom stereocenters. The van der Waals surface area contributed by atoms with Crippen LogP contribution in [0.3, 0.4) is 0 Å². The molecule has 1 N–H and O–H groups in total. The molecule has 106 valence electrons. The van der Waals surface area contributed by atoms with E-state index in [1.807, 2.05) is 18.2 Å². The van der Waals surface area contributed by atoms with Crippen molar-refractivity contribution in [1.82, 2.24) is 10.2 Å². The van der Waals surface area contributed by atoms with Crippen LogP contribution in [0.1, 0.15) is 41.6 Å². The van der Waals surface area contributed by atoms with Gasteiger partial charge < -0.3 is 0 Å². The van der Waals surface area contributed by atoms with Crippen molar-refractivity contribution in [3.63, 3.8) is 0 Å². The molecule has 4 nitrogen and oxygen atoms in total. The lowest BCUT2D eigenvalue weighted by Crippen LogP contribution is -2.12. The van der Waals surface area contributed by atoms with Crippen LogP contribution in [0.2, 0.25) is 0 Å². The van der Waals surface area contributed by atoms with Gasteiger partial charge in [-0.3, -0.25) is 10.1 Å². The number of hydrogen-bond donors (Lipinski definition) is 1. The number of amides is 1. The van der Waals surface area contributed by atoms with Crippen molar-refractivity contribution in [1.29, 1.82) is 0 Å². The van der Waals surface area contributed by atoms with E-state index >= 15 is 0 Å². The van der Waals surface area contributed by atoms with Gasteiger partial charge in [0.15, 0.2) is 0 Å². The molecule has 20 heavy (non-hydrogen) atoms. The second-order valence-corrected chi connectivity index (χ2v) is 6.31. The summed E-state index contributed by atoms with van der Waals surface area (Å²) < 4.78 is 0.769. The van der Waals surface area contributed by atoms with Gasteiger partial charge in [0.2, 0.25) is 5.13 Å². The molecule has 0 fully saturated rings. The molecule has 2 rings (SSSR count). The van der Waals surface area contributed by atoms with E-state index in [1.54, 1.807) is 6.07 Å². The lowest BCUT2D eigenvalue weighted by molar-refractivity contribution is 0.102. The van der Waals surface area contributed by atoms with Crippen LogP contribution >= 0.6 is 27.3 Å². The maximum atomic E-state index is 12.1. The number of aryl methyl sites for hydroxylation is 1. The second-order valence-electron chi connectivity index (χ2n) is 4.39. The molecule has 0 aliphatic heterocycles. The van der Waals surface area contributed by atoms with Gasteiger partial charge in [-0.15, -0.1) is 10.2 Å². The summed E-state index contributed by atoms with van der Waals surface area (Å²) >= 11 is 4.81. The first kappa shape index (κ1) is 15.1. The van der Waals surface area contributed by atoms with Gasteiger partial charge in [0, 0.05) is 10.9 Å². The fourth-order valence-corrected chi connectivity index (χ4v) is 2.98. The Labute approximate surface area is 130 Å². The van der Waals surface area contributed by atoms with E-state index in [4.69, 9.17) is 0 Å². The maximum Gasteiger partial charge on any atom is 0.258 e. The number of halogens is 1. The van der Waals surface area contributed by atoms with E-state index in [0.29, 0.717) is 10.7 Å². The Kier molecular flexibility index (Phi) is 5.67. The van der Waals surface area contributed by atoms with Crippen molar-refractivity contribution in [3.05, 3.63) is 39.3 Å². The molecule has 6 heteroatoms. The maximum absolute atomic E-state index is 12.1. The smallest absolute Gasteiger partial charge is 0.258 e. The third kappa shape index (κ3) is 4.11. The van der Waals surface area contributed by atoms with Crippen LogP contribution in [0.4, 0.5) is 5.13 Å². The van der Waals surface area contributed by atoms with Crippen LogP contribution < -0.4 is 5.32 Å². The van der Waals surface area contributed by atoms with Gasteiger partial charge in [0.25, 0.3) is 5.91 Å². The zero-order valence-corrected chi connectivity index (χ0v) is 13.6. The van der Waals surface area contributed by atoms with E-state index < -0.39 is 0 Å². The number of anilines is 1. The molecule has 0 saturated heterocycles. The Hall–Kier alpha value is -1.27. The van der Waals surface area contributed by atoms with Gasteiger partial charge in [-0.2, -0.15) is 0 Å². The number of unbranched alkanes of at least 4 members (excludes halogenated alkanes) is 2. The zero-order chi connectivity index (χ0) is 14.4. The van der Waals surface area contributed by atoms with Gasteiger partial charge >= 0.3 is 0 Å². The summed E-state index contributed by atoms with van der Waals surface area (Å²) in [5.74, 6) is -0.172. The number of nitrogens with one attached hydrogen (secondary N) is 1. The van der Waals surface area contributed by atoms with Crippen molar-refractivity contribution < 1.29 is 4.79 Å². The molecule has 1 amide bonds. The van der Waals surface area contributed by atoms with Gasteiger partial charge in [-0.25, -0.2) is 0 Å². The lowest BCUT2D eigenvalue weighted by Gasteiger charge is -2.02. The van der Waals surface area contributed by atoms with Crippen molar-refractivity contribution in [2.24, 2.45) is 0 Å². The fraction of sp³-hybridized carbons (Fsp3) is 0.357. The normalized spacial score (nSPS) is 10.5. The summed E-state index contributed by atoms with van der Waals surface area (Å²) in [6.45, 7) is 2.17. The number of nitrogens with zero attached hydrogens (tertiary/aromatic N) is 2. The van der Waals surface area contributed by atoms with Crippen LogP contribution in [0, 0.1) is 0 Å². The Morgan fingerprint density at radius 3 is 2.85 bits per heavy atom. The SMILES string of the molecule is CCCCCc1nnc(NC(=O)c2ccccc2Br)s1. The average Bonchev–Trinajstić information content (AvgIpc) is 2.87. The highest BCUT2D eigenvalue weighted by Crippen LogP contribution is 2.21. The van der Waals surface area contributed by atoms with Crippen molar-refractivity contribution in [3.8, 4) is 0 Å². The third-order valence-corrected chi connectivity index (χ3v) is 4.39. The van der Waals surface area contributed by atoms with Gasteiger partial charge in [0.1, 0.15) is 5.01 Å². The first-order valence-corrected chi connectivity index (χ1v) is 8.20. The van der Waals surface area contributed by atoms with Gasteiger partial charge in [0.05, 0.1) is 5.56 Å². The molecule has 0 aliphatic carbocycles. The Morgan fingerprint density at radius 1 is 1.30 bits per heavy atom. The summed E-state index contributed by atoms with van der Waals surface area (Å²) in [4.78, 5) is 12.1. The largest absolute Gasteiger partial charge is 0.296 e. The summed E-state index contributed by atoms with van der Waals surface area (Å²) in [5, 5.41) is 12.4. The Morgan fingerprint density at radius 2 is 2.10 bits per heavy atom. The minimum atomic E-state index is -0.172. The summed E-state index contributed by atoms with van der Waals surface area (Å²) in [6.07, 6.45) is 4.42. The average molecular weight is 354 g/mol. The first-order valence-electron chi connectivity index (χ1n) is 6.59. The summed E-state index contributed by atoms with van der Waals surface area (Å²) in [7, 11) is 0. The van der Waals surface area contributed by atoms with Crippen LogP contribution in [0.25, 0.3) is 0 Å². The Balaban J connectivity index is 1.97. The second kappa shape index (κ2) is 7.50. The predicted molar refractivity (Wildman–Crippen MR) is 85.2 cm³/mol. The fourth-order valence-electron chi connectivity index (χ4n) is 1.74. The molecule has 2 aromatic rings. The zero-order valence-electron chi connectivity index (χ0n) is 11.2. The molecule has 0 atom stereocenters. The number of benzene rings is 1. The van der Waals surface area contributed by atoms with Gasteiger partial charge in [-0.1, -0.05) is 43.2 Å². The molecule has 0 radical (unpaired) electrons. The van der Waals surface area contributed by atoms with Crippen molar-refractivity contribution in [2.45, 2.75) is 32.6 Å². The number of carbonyl (C=O) groups is 1. The minimum Gasteiger partial charge on any atom is -0.296 e. The summed E-state index contributed by atoms with van der Waals surface area (Å²) in [5.41, 5.74) is 0.593. The number of hydrogen-bond acceptors (Lipinski definition) is 4. The quantitative estimate of drug-likeness (QED) is 0.788. The molecule has 1 aromatic carbocycles. The molecule has 1 heterocycles. The van der Waals surface area contributed by atoms with Gasteiger partial charge in [-0.05, 0) is 34.5 Å². The highest BCUT2D eigenvalue weighted by atomic mass is 79.9. The van der Waals surface area contributed by atoms with E-state index in [-0.39, 0.29) is 5.91 Å². The molecule has 0 spiro atoms. The van der Waals surface area contributed by atoms with Crippen molar-refractivity contribution >= 4 is 38.3 Å². The molecular weight excluding hydrogens is 338 g/mol. The molecule has 1 aromatic heterocycles. The van der Waals surface area contributed by atoms with Crippen LogP contribution in [-0.4, -0.2) is 16.1 Å². The summed E-state index contributed by atoms with van der Waals surface area (Å²) in [6, 6.07) is 7.31. The molecule has 0 bridgehead atoms. The van der Waals surface area contributed by atoms with E-state index in [9.17, 15) is 4.79 Å². The van der Waals surface area contributed by atoms with Crippen LogP contribution in [0.5, 0.6) is 0 Å². The molecular formula is C14H16BrN3OS. The molecule has 0 aliphatic rings. The third-order valence-electron chi connectivity index (χ3n) is 2.80. The highest BCUT2D eigenvalue weighted by Gasteiger charge is 2.12. The minimum absolute atomic E-state index is 0.172. The topological polar surface area (TPSA) is 54.9 Å². The number of carbonyl (C=O) groups excluding carboxylic acids is 1.